The summed E-state index contributed by atoms with van der Waals surface area (Å²) < 4.78 is 15.0. The lowest BCUT2D eigenvalue weighted by Gasteiger charge is -2.08. The Morgan fingerprint density at radius 1 is 1.25 bits per heavy atom. The van der Waals surface area contributed by atoms with Crippen molar-refractivity contribution in [1.29, 1.82) is 0 Å². The van der Waals surface area contributed by atoms with Crippen molar-refractivity contribution in [3.63, 3.8) is 0 Å². The van der Waals surface area contributed by atoms with Crippen LogP contribution in [0.15, 0.2) is 41.9 Å². The molecule has 0 aliphatic rings. The highest BCUT2D eigenvalue weighted by molar-refractivity contribution is 7.17. The lowest BCUT2D eigenvalue weighted by Crippen LogP contribution is -2.05. The van der Waals surface area contributed by atoms with Gasteiger partial charge >= 0.3 is 0 Å². The molecule has 1 aromatic carbocycles. The molecular weight excluding hydrogens is 273 g/mol. The molecule has 0 saturated heterocycles. The maximum Gasteiger partial charge on any atom is 0.134 e. The SMILES string of the molecule is NCc1ccc(CNc2nccc3sccc23)c(F)c1. The van der Waals surface area contributed by atoms with E-state index in [0.717, 1.165) is 16.8 Å². The van der Waals surface area contributed by atoms with Crippen LogP contribution >= 0.6 is 11.3 Å². The van der Waals surface area contributed by atoms with Crippen molar-refractivity contribution in [2.24, 2.45) is 5.73 Å². The Morgan fingerprint density at radius 2 is 2.15 bits per heavy atom. The van der Waals surface area contributed by atoms with Crippen LogP contribution in [0.2, 0.25) is 0 Å². The lowest BCUT2D eigenvalue weighted by molar-refractivity contribution is 0.610. The molecule has 0 unspecified atom stereocenters. The zero-order valence-corrected chi connectivity index (χ0v) is 11.6. The molecule has 2 heterocycles. The van der Waals surface area contributed by atoms with Crippen LogP contribution in [0, 0.1) is 5.82 Å². The summed E-state index contributed by atoms with van der Waals surface area (Å²) >= 11 is 1.66. The average Bonchev–Trinajstić information content (AvgIpc) is 2.95. The first kappa shape index (κ1) is 13.0. The fraction of sp³-hybridized carbons (Fsp3) is 0.133. The summed E-state index contributed by atoms with van der Waals surface area (Å²) in [6.07, 6.45) is 1.76. The molecule has 0 aliphatic carbocycles. The maximum absolute atomic E-state index is 13.9. The van der Waals surface area contributed by atoms with Gasteiger partial charge in [0.2, 0.25) is 0 Å². The fourth-order valence-corrected chi connectivity index (χ4v) is 2.86. The second kappa shape index (κ2) is 5.56. The van der Waals surface area contributed by atoms with E-state index in [2.05, 4.69) is 10.3 Å². The molecule has 20 heavy (non-hydrogen) atoms. The van der Waals surface area contributed by atoms with Crippen LogP contribution in [-0.4, -0.2) is 4.98 Å². The van der Waals surface area contributed by atoms with Gasteiger partial charge in [0.15, 0.2) is 0 Å². The number of pyridine rings is 1. The van der Waals surface area contributed by atoms with E-state index >= 15 is 0 Å². The first-order chi connectivity index (χ1) is 9.78. The highest BCUT2D eigenvalue weighted by Gasteiger charge is 2.06. The number of nitrogens with zero attached hydrogens (tertiary/aromatic N) is 1. The standard InChI is InChI=1S/C15H14FN3S/c16-13-7-10(8-17)1-2-11(13)9-19-15-12-4-6-20-14(12)3-5-18-15/h1-7H,8-9,17H2,(H,18,19). The van der Waals surface area contributed by atoms with Crippen molar-refractivity contribution in [3.8, 4) is 0 Å². The predicted octanol–water partition coefficient (Wildman–Crippen LogP) is 3.51. The van der Waals surface area contributed by atoms with Gasteiger partial charge < -0.3 is 11.1 Å². The number of nitrogens with two attached hydrogens (primary N) is 1. The average molecular weight is 287 g/mol. The van der Waals surface area contributed by atoms with Crippen molar-refractivity contribution >= 4 is 27.2 Å². The Bertz CT molecular complexity index is 739. The zero-order chi connectivity index (χ0) is 13.9. The summed E-state index contributed by atoms with van der Waals surface area (Å²) in [5.41, 5.74) is 6.90. The number of thiophene rings is 1. The smallest absolute Gasteiger partial charge is 0.134 e. The van der Waals surface area contributed by atoms with Gasteiger partial charge in [-0.2, -0.15) is 0 Å². The quantitative estimate of drug-likeness (QED) is 0.772. The highest BCUT2D eigenvalue weighted by atomic mass is 32.1. The molecular formula is C15H14FN3S. The van der Waals surface area contributed by atoms with Crippen molar-refractivity contribution in [3.05, 3.63) is 58.9 Å². The molecule has 3 aromatic rings. The van der Waals surface area contributed by atoms with Gasteiger partial charge in [-0.25, -0.2) is 9.37 Å². The fourth-order valence-electron chi connectivity index (χ4n) is 2.08. The Balaban J connectivity index is 1.81. The number of hydrogen-bond donors (Lipinski definition) is 2. The molecule has 3 N–H and O–H groups in total. The maximum atomic E-state index is 13.9. The molecule has 0 amide bonds. The van der Waals surface area contributed by atoms with Crippen molar-refractivity contribution in [1.82, 2.24) is 4.98 Å². The number of hydrogen-bond acceptors (Lipinski definition) is 4. The lowest BCUT2D eigenvalue weighted by atomic mass is 10.1. The normalized spacial score (nSPS) is 10.9. The van der Waals surface area contributed by atoms with Crippen LogP contribution in [0.3, 0.4) is 0 Å². The van der Waals surface area contributed by atoms with Crippen LogP contribution in [0.5, 0.6) is 0 Å². The molecule has 0 fully saturated rings. The predicted molar refractivity (Wildman–Crippen MR) is 81.2 cm³/mol. The third-order valence-electron chi connectivity index (χ3n) is 3.18. The Hall–Kier alpha value is -1.98. The molecule has 3 nitrogen and oxygen atoms in total. The number of anilines is 1. The van der Waals surface area contributed by atoms with E-state index in [9.17, 15) is 4.39 Å². The highest BCUT2D eigenvalue weighted by Crippen LogP contribution is 2.26. The monoisotopic (exact) mass is 287 g/mol. The number of halogens is 1. The van der Waals surface area contributed by atoms with E-state index in [4.69, 9.17) is 5.73 Å². The summed E-state index contributed by atoms with van der Waals surface area (Å²) in [6.45, 7) is 0.749. The summed E-state index contributed by atoms with van der Waals surface area (Å²) in [7, 11) is 0. The van der Waals surface area contributed by atoms with E-state index in [0.29, 0.717) is 18.7 Å². The molecule has 102 valence electrons. The Morgan fingerprint density at radius 3 is 2.95 bits per heavy atom. The number of fused-ring (bicyclic) bond motifs is 1. The molecule has 0 atom stereocenters. The second-order valence-corrected chi connectivity index (χ2v) is 5.42. The zero-order valence-electron chi connectivity index (χ0n) is 10.8. The molecule has 0 bridgehead atoms. The topological polar surface area (TPSA) is 50.9 Å². The summed E-state index contributed by atoms with van der Waals surface area (Å²) in [4.78, 5) is 4.31. The first-order valence-electron chi connectivity index (χ1n) is 6.31. The van der Waals surface area contributed by atoms with Crippen molar-refractivity contribution in [2.75, 3.05) is 5.32 Å². The van der Waals surface area contributed by atoms with Crippen LogP contribution < -0.4 is 11.1 Å². The molecule has 5 heteroatoms. The van der Waals surface area contributed by atoms with Crippen molar-refractivity contribution in [2.45, 2.75) is 13.1 Å². The molecule has 0 saturated carbocycles. The van der Waals surface area contributed by atoms with E-state index in [1.807, 2.05) is 23.6 Å². The molecule has 3 rings (SSSR count). The van der Waals surface area contributed by atoms with Gasteiger partial charge in [-0.15, -0.1) is 11.3 Å². The van der Waals surface area contributed by atoms with Gasteiger partial charge in [0.05, 0.1) is 0 Å². The van der Waals surface area contributed by atoms with E-state index < -0.39 is 0 Å². The minimum Gasteiger partial charge on any atom is -0.365 e. The number of aromatic nitrogens is 1. The third-order valence-corrected chi connectivity index (χ3v) is 4.06. The van der Waals surface area contributed by atoms with Gasteiger partial charge in [0.1, 0.15) is 11.6 Å². The Kier molecular flexibility index (Phi) is 3.62. The number of rotatable bonds is 4. The van der Waals surface area contributed by atoms with Gasteiger partial charge in [-0.3, -0.25) is 0 Å². The van der Waals surface area contributed by atoms with Gasteiger partial charge in [0, 0.05) is 34.9 Å². The number of benzene rings is 1. The minimum absolute atomic E-state index is 0.238. The largest absolute Gasteiger partial charge is 0.365 e. The molecule has 0 radical (unpaired) electrons. The van der Waals surface area contributed by atoms with Gasteiger partial charge in [-0.1, -0.05) is 12.1 Å². The van der Waals surface area contributed by atoms with Crippen LogP contribution in [0.4, 0.5) is 10.2 Å². The van der Waals surface area contributed by atoms with Crippen LogP contribution in [0.25, 0.3) is 10.1 Å². The van der Waals surface area contributed by atoms with E-state index in [-0.39, 0.29) is 5.82 Å². The molecule has 0 spiro atoms. The third kappa shape index (κ3) is 2.50. The summed E-state index contributed by atoms with van der Waals surface area (Å²) in [5.74, 6) is 0.545. The Labute approximate surface area is 120 Å². The van der Waals surface area contributed by atoms with E-state index in [1.54, 1.807) is 23.6 Å². The second-order valence-electron chi connectivity index (χ2n) is 4.48. The molecule has 0 aliphatic heterocycles. The summed E-state index contributed by atoms with van der Waals surface area (Å²) in [6, 6.07) is 9.08. The molecule has 2 aromatic heterocycles. The first-order valence-corrected chi connectivity index (χ1v) is 7.19. The van der Waals surface area contributed by atoms with E-state index in [1.165, 1.54) is 10.8 Å². The minimum atomic E-state index is -0.238. The summed E-state index contributed by atoms with van der Waals surface area (Å²) in [5, 5.41) is 6.28. The van der Waals surface area contributed by atoms with Crippen molar-refractivity contribution < 1.29 is 4.39 Å². The number of nitrogens with one attached hydrogen (secondary N) is 1. The van der Waals surface area contributed by atoms with Crippen LogP contribution in [0.1, 0.15) is 11.1 Å². The van der Waals surface area contributed by atoms with Gasteiger partial charge in [-0.05, 0) is 29.1 Å². The van der Waals surface area contributed by atoms with Crippen LogP contribution in [-0.2, 0) is 13.1 Å². The van der Waals surface area contributed by atoms with Gasteiger partial charge in [0.25, 0.3) is 0 Å².